The third kappa shape index (κ3) is 3.84. The molecule has 0 saturated heterocycles. The number of nitrogens with two attached hydrogens (primary N) is 1. The normalized spacial score (nSPS) is 10.9. The van der Waals surface area contributed by atoms with Crippen LogP contribution in [0.1, 0.15) is 0 Å². The summed E-state index contributed by atoms with van der Waals surface area (Å²) in [7, 11) is 0. The number of nitrogens with zero attached hydrogens (tertiary/aromatic N) is 1. The third-order valence-electron chi connectivity index (χ3n) is 1.51. The van der Waals surface area contributed by atoms with Crippen LogP contribution in [0.3, 0.4) is 0 Å². The topological polar surface area (TPSA) is 93.2 Å². The average Bonchev–Trinajstić information content (AvgIpc) is 2.19. The molecule has 15 heavy (non-hydrogen) atoms. The molecule has 0 heterocycles. The van der Waals surface area contributed by atoms with Crippen LogP contribution >= 0.6 is 11.6 Å². The maximum atomic E-state index is 10.2. The standard InChI is InChI=1S/C8H9ClN4O2/c9-6-1-3-7(4-2-6)11-8(12-10)5-13(14)15/h1-5,11-12H,10H2/b8-5-. The van der Waals surface area contributed by atoms with Gasteiger partial charge >= 0.3 is 0 Å². The largest absolute Gasteiger partial charge is 0.336 e. The van der Waals surface area contributed by atoms with E-state index in [-0.39, 0.29) is 5.82 Å². The van der Waals surface area contributed by atoms with Gasteiger partial charge in [0.05, 0.1) is 4.92 Å². The van der Waals surface area contributed by atoms with Crippen molar-refractivity contribution in [3.05, 3.63) is 51.4 Å². The zero-order valence-corrected chi connectivity index (χ0v) is 8.36. The summed E-state index contributed by atoms with van der Waals surface area (Å²) in [6, 6.07) is 6.66. The molecule has 0 radical (unpaired) electrons. The third-order valence-corrected chi connectivity index (χ3v) is 1.77. The smallest absolute Gasteiger partial charge is 0.275 e. The molecule has 1 aromatic rings. The van der Waals surface area contributed by atoms with Crippen LogP contribution in [-0.2, 0) is 0 Å². The van der Waals surface area contributed by atoms with E-state index in [1.54, 1.807) is 24.3 Å². The number of hydrazine groups is 1. The molecule has 80 valence electrons. The number of hydrogen-bond donors (Lipinski definition) is 3. The molecule has 0 aliphatic heterocycles. The van der Waals surface area contributed by atoms with Crippen LogP contribution in [-0.4, -0.2) is 4.92 Å². The van der Waals surface area contributed by atoms with Crippen molar-refractivity contribution in [3.8, 4) is 0 Å². The van der Waals surface area contributed by atoms with E-state index in [1.165, 1.54) is 0 Å². The van der Waals surface area contributed by atoms with Gasteiger partial charge in [-0.05, 0) is 24.3 Å². The van der Waals surface area contributed by atoms with Crippen molar-refractivity contribution in [2.45, 2.75) is 0 Å². The highest BCUT2D eigenvalue weighted by molar-refractivity contribution is 6.30. The van der Waals surface area contributed by atoms with Crippen molar-refractivity contribution in [1.29, 1.82) is 0 Å². The Kier molecular flexibility index (Phi) is 3.90. The fourth-order valence-corrected chi connectivity index (χ4v) is 1.03. The van der Waals surface area contributed by atoms with Crippen LogP contribution in [0.2, 0.25) is 5.02 Å². The number of halogens is 1. The van der Waals surface area contributed by atoms with Crippen molar-refractivity contribution < 1.29 is 4.92 Å². The Balaban J connectivity index is 2.75. The quantitative estimate of drug-likeness (QED) is 0.410. The van der Waals surface area contributed by atoms with E-state index in [9.17, 15) is 10.1 Å². The Morgan fingerprint density at radius 3 is 2.53 bits per heavy atom. The first-order valence-electron chi connectivity index (χ1n) is 3.96. The molecule has 0 amide bonds. The second-order valence-corrected chi connectivity index (χ2v) is 3.04. The number of rotatable bonds is 4. The van der Waals surface area contributed by atoms with Crippen molar-refractivity contribution in [3.63, 3.8) is 0 Å². The number of anilines is 1. The number of nitrogens with one attached hydrogen (secondary N) is 2. The van der Waals surface area contributed by atoms with Gasteiger partial charge in [0.25, 0.3) is 6.20 Å². The molecule has 0 spiro atoms. The van der Waals surface area contributed by atoms with Crippen LogP contribution in [0.15, 0.2) is 36.3 Å². The maximum absolute atomic E-state index is 10.2. The van der Waals surface area contributed by atoms with Gasteiger partial charge in [-0.1, -0.05) is 11.6 Å². The fraction of sp³-hybridized carbons (Fsp3) is 0. The molecule has 0 atom stereocenters. The SMILES string of the molecule is NN/C(=C\[N+](=O)[O-])Nc1ccc(Cl)cc1. The molecule has 0 aliphatic rings. The molecule has 0 fully saturated rings. The molecule has 0 saturated carbocycles. The number of benzene rings is 1. The van der Waals surface area contributed by atoms with Gasteiger partial charge < -0.3 is 10.7 Å². The lowest BCUT2D eigenvalue weighted by atomic mass is 10.3. The minimum Gasteiger partial charge on any atom is -0.336 e. The average molecular weight is 229 g/mol. The van der Waals surface area contributed by atoms with Gasteiger partial charge in [0.2, 0.25) is 0 Å². The summed E-state index contributed by atoms with van der Waals surface area (Å²) in [4.78, 5) is 9.57. The minimum absolute atomic E-state index is 0.0855. The predicted molar refractivity (Wildman–Crippen MR) is 57.5 cm³/mol. The van der Waals surface area contributed by atoms with E-state index in [2.05, 4.69) is 10.7 Å². The van der Waals surface area contributed by atoms with Gasteiger partial charge in [0.1, 0.15) is 0 Å². The van der Waals surface area contributed by atoms with Crippen molar-refractivity contribution in [1.82, 2.24) is 5.43 Å². The summed E-state index contributed by atoms with van der Waals surface area (Å²) >= 11 is 5.68. The lowest BCUT2D eigenvalue weighted by Crippen LogP contribution is -2.27. The van der Waals surface area contributed by atoms with Crippen LogP contribution in [0.25, 0.3) is 0 Å². The molecule has 7 heteroatoms. The Hall–Kier alpha value is -1.79. The first-order valence-corrected chi connectivity index (χ1v) is 4.34. The molecule has 0 unspecified atom stereocenters. The molecule has 0 aliphatic carbocycles. The lowest BCUT2D eigenvalue weighted by molar-refractivity contribution is -0.403. The van der Waals surface area contributed by atoms with E-state index in [4.69, 9.17) is 17.4 Å². The van der Waals surface area contributed by atoms with Crippen molar-refractivity contribution in [2.75, 3.05) is 5.32 Å². The second-order valence-electron chi connectivity index (χ2n) is 2.60. The molecule has 6 nitrogen and oxygen atoms in total. The zero-order chi connectivity index (χ0) is 11.3. The second kappa shape index (κ2) is 5.18. The summed E-state index contributed by atoms with van der Waals surface area (Å²) < 4.78 is 0. The summed E-state index contributed by atoms with van der Waals surface area (Å²) in [5, 5.41) is 13.5. The highest BCUT2D eigenvalue weighted by atomic mass is 35.5. The van der Waals surface area contributed by atoms with E-state index >= 15 is 0 Å². The van der Waals surface area contributed by atoms with Crippen LogP contribution in [0.4, 0.5) is 5.69 Å². The number of hydrogen-bond acceptors (Lipinski definition) is 5. The summed E-state index contributed by atoms with van der Waals surface area (Å²) in [6.07, 6.45) is 0.731. The van der Waals surface area contributed by atoms with Gasteiger partial charge in [-0.2, -0.15) is 0 Å². The Bertz CT molecular complexity index is 377. The lowest BCUT2D eigenvalue weighted by Gasteiger charge is -2.07. The monoisotopic (exact) mass is 228 g/mol. The Morgan fingerprint density at radius 1 is 1.47 bits per heavy atom. The summed E-state index contributed by atoms with van der Waals surface area (Å²) in [6.45, 7) is 0. The van der Waals surface area contributed by atoms with Gasteiger partial charge in [0.15, 0.2) is 5.82 Å². The molecule has 4 N–H and O–H groups in total. The van der Waals surface area contributed by atoms with Crippen molar-refractivity contribution >= 4 is 17.3 Å². The molecule has 0 aromatic heterocycles. The fourth-order valence-electron chi connectivity index (χ4n) is 0.900. The highest BCUT2D eigenvalue weighted by Gasteiger charge is 2.00. The Labute approximate surface area is 90.8 Å². The van der Waals surface area contributed by atoms with Crippen LogP contribution in [0, 0.1) is 10.1 Å². The Morgan fingerprint density at radius 2 is 2.07 bits per heavy atom. The van der Waals surface area contributed by atoms with Gasteiger partial charge in [-0.15, -0.1) is 0 Å². The van der Waals surface area contributed by atoms with Gasteiger partial charge in [0, 0.05) is 10.7 Å². The van der Waals surface area contributed by atoms with E-state index < -0.39 is 4.92 Å². The molecule has 1 rings (SSSR count). The maximum Gasteiger partial charge on any atom is 0.275 e. The van der Waals surface area contributed by atoms with E-state index in [0.29, 0.717) is 10.7 Å². The summed E-state index contributed by atoms with van der Waals surface area (Å²) in [5.41, 5.74) is 2.82. The molecule has 0 bridgehead atoms. The minimum atomic E-state index is -0.613. The van der Waals surface area contributed by atoms with Crippen LogP contribution < -0.4 is 16.6 Å². The first kappa shape index (κ1) is 11.3. The first-order chi connectivity index (χ1) is 7.11. The number of nitro groups is 1. The van der Waals surface area contributed by atoms with Gasteiger partial charge in [-0.25, -0.2) is 5.84 Å². The molecular formula is C8H9ClN4O2. The van der Waals surface area contributed by atoms with Crippen LogP contribution in [0.5, 0.6) is 0 Å². The van der Waals surface area contributed by atoms with Gasteiger partial charge in [-0.3, -0.25) is 10.1 Å². The molecular weight excluding hydrogens is 220 g/mol. The van der Waals surface area contributed by atoms with E-state index in [1.807, 2.05) is 0 Å². The zero-order valence-electron chi connectivity index (χ0n) is 7.61. The highest BCUT2D eigenvalue weighted by Crippen LogP contribution is 2.14. The van der Waals surface area contributed by atoms with E-state index in [0.717, 1.165) is 6.20 Å². The molecule has 1 aromatic carbocycles. The summed E-state index contributed by atoms with van der Waals surface area (Å²) in [5.74, 6) is 5.17. The van der Waals surface area contributed by atoms with Crippen molar-refractivity contribution in [2.24, 2.45) is 5.84 Å². The predicted octanol–water partition coefficient (Wildman–Crippen LogP) is 1.29.